The molecule has 0 aliphatic carbocycles. The van der Waals surface area contributed by atoms with Crippen LogP contribution in [0.1, 0.15) is 44.7 Å². The monoisotopic (exact) mass is 286 g/mol. The fourth-order valence-corrected chi connectivity index (χ4v) is 4.00. The molecular formula is C14H23ClO2Si. The van der Waals surface area contributed by atoms with E-state index in [-0.39, 0.29) is 0 Å². The molecule has 0 N–H and O–H groups in total. The number of hydrogen-bond donors (Lipinski definition) is 0. The molecule has 0 bridgehead atoms. The van der Waals surface area contributed by atoms with Gasteiger partial charge in [0.05, 0.1) is 0 Å². The Labute approximate surface area is 117 Å². The van der Waals surface area contributed by atoms with Crippen molar-refractivity contribution in [2.75, 3.05) is 13.2 Å². The predicted octanol–water partition coefficient (Wildman–Crippen LogP) is 4.06. The van der Waals surface area contributed by atoms with E-state index in [0.717, 1.165) is 31.1 Å². The SMILES string of the molecule is CCCO[SiH](OCCC)C(C)c1ccc(Cl)cc1. The van der Waals surface area contributed by atoms with E-state index in [1.54, 1.807) is 0 Å². The largest absolute Gasteiger partial charge is 0.396 e. The predicted molar refractivity (Wildman–Crippen MR) is 79.5 cm³/mol. The van der Waals surface area contributed by atoms with Gasteiger partial charge in [-0.05, 0) is 30.5 Å². The Morgan fingerprint density at radius 1 is 1.06 bits per heavy atom. The molecule has 0 radical (unpaired) electrons. The van der Waals surface area contributed by atoms with E-state index >= 15 is 0 Å². The van der Waals surface area contributed by atoms with Crippen molar-refractivity contribution in [2.24, 2.45) is 0 Å². The summed E-state index contributed by atoms with van der Waals surface area (Å²) in [6.07, 6.45) is 2.07. The summed E-state index contributed by atoms with van der Waals surface area (Å²) >= 11 is 5.91. The van der Waals surface area contributed by atoms with Gasteiger partial charge in [0, 0.05) is 23.8 Å². The summed E-state index contributed by atoms with van der Waals surface area (Å²) in [5, 5.41) is 0.771. The van der Waals surface area contributed by atoms with Gasteiger partial charge in [0.25, 0.3) is 0 Å². The molecule has 1 aromatic rings. The van der Waals surface area contributed by atoms with Crippen LogP contribution < -0.4 is 0 Å². The summed E-state index contributed by atoms with van der Waals surface area (Å²) in [6, 6.07) is 7.99. The fourth-order valence-electron chi connectivity index (χ4n) is 1.73. The van der Waals surface area contributed by atoms with Gasteiger partial charge in [-0.15, -0.1) is 0 Å². The van der Waals surface area contributed by atoms with Gasteiger partial charge in [0.2, 0.25) is 0 Å². The minimum atomic E-state index is -1.65. The Bertz CT molecular complexity index is 321. The quantitative estimate of drug-likeness (QED) is 0.671. The summed E-state index contributed by atoms with van der Waals surface area (Å²) in [6.45, 7) is 8.01. The molecule has 0 aliphatic heterocycles. The Morgan fingerprint density at radius 2 is 1.56 bits per heavy atom. The van der Waals surface area contributed by atoms with Crippen molar-refractivity contribution in [3.05, 3.63) is 34.9 Å². The van der Waals surface area contributed by atoms with Crippen molar-refractivity contribution in [1.29, 1.82) is 0 Å². The van der Waals surface area contributed by atoms with Gasteiger partial charge in [0.1, 0.15) is 0 Å². The zero-order valence-corrected chi connectivity index (χ0v) is 13.4. The molecule has 0 fully saturated rings. The van der Waals surface area contributed by atoms with Crippen LogP contribution in [0.5, 0.6) is 0 Å². The Balaban J connectivity index is 2.66. The fraction of sp³-hybridized carbons (Fsp3) is 0.571. The van der Waals surface area contributed by atoms with E-state index in [4.69, 9.17) is 20.5 Å². The Kier molecular flexibility index (Phi) is 7.59. The molecule has 1 unspecified atom stereocenters. The molecule has 1 atom stereocenters. The highest BCUT2D eigenvalue weighted by atomic mass is 35.5. The molecule has 0 saturated carbocycles. The zero-order chi connectivity index (χ0) is 13.4. The van der Waals surface area contributed by atoms with Crippen LogP contribution in [0.15, 0.2) is 24.3 Å². The standard InChI is InChI=1S/C14H23ClO2Si/c1-4-10-16-18(17-11-5-2)12(3)13-6-8-14(15)9-7-13/h6-9,12,18H,4-5,10-11H2,1-3H3. The molecule has 0 heterocycles. The van der Waals surface area contributed by atoms with Crippen LogP contribution >= 0.6 is 11.6 Å². The number of halogens is 1. The van der Waals surface area contributed by atoms with Gasteiger partial charge >= 0.3 is 9.28 Å². The number of rotatable bonds is 8. The van der Waals surface area contributed by atoms with Gasteiger partial charge in [-0.3, -0.25) is 0 Å². The first-order chi connectivity index (χ1) is 8.69. The highest BCUT2D eigenvalue weighted by Gasteiger charge is 2.23. The Hall–Kier alpha value is -0.353. The van der Waals surface area contributed by atoms with E-state index in [2.05, 4.69) is 32.9 Å². The first-order valence-corrected chi connectivity index (χ1v) is 8.66. The smallest absolute Gasteiger partial charge is 0.328 e. The highest BCUT2D eigenvalue weighted by molar-refractivity contribution is 6.46. The van der Waals surface area contributed by atoms with Gasteiger partial charge in [0.15, 0.2) is 0 Å². The van der Waals surface area contributed by atoms with E-state index < -0.39 is 9.28 Å². The van der Waals surface area contributed by atoms with E-state index in [0.29, 0.717) is 5.54 Å². The van der Waals surface area contributed by atoms with Crippen molar-refractivity contribution in [3.8, 4) is 0 Å². The Morgan fingerprint density at radius 3 is 2.00 bits per heavy atom. The summed E-state index contributed by atoms with van der Waals surface area (Å²) in [7, 11) is -1.65. The molecule has 1 aromatic carbocycles. The molecule has 1 rings (SSSR count). The van der Waals surface area contributed by atoms with Crippen molar-refractivity contribution >= 4 is 20.9 Å². The van der Waals surface area contributed by atoms with Gasteiger partial charge in [-0.25, -0.2) is 0 Å². The summed E-state index contributed by atoms with van der Waals surface area (Å²) < 4.78 is 11.8. The van der Waals surface area contributed by atoms with Crippen molar-refractivity contribution in [1.82, 2.24) is 0 Å². The van der Waals surface area contributed by atoms with Crippen LogP contribution in [-0.2, 0) is 8.85 Å². The summed E-state index contributed by atoms with van der Waals surface area (Å²) in [4.78, 5) is 0. The normalized spacial score (nSPS) is 12.9. The second-order valence-corrected chi connectivity index (χ2v) is 7.29. The maximum atomic E-state index is 5.92. The topological polar surface area (TPSA) is 18.5 Å². The molecule has 0 aliphatic rings. The van der Waals surface area contributed by atoms with E-state index in [9.17, 15) is 0 Å². The van der Waals surface area contributed by atoms with Gasteiger partial charge < -0.3 is 8.85 Å². The lowest BCUT2D eigenvalue weighted by atomic mass is 10.2. The van der Waals surface area contributed by atoms with E-state index in [1.807, 2.05) is 12.1 Å². The van der Waals surface area contributed by atoms with Crippen LogP contribution in [0.3, 0.4) is 0 Å². The van der Waals surface area contributed by atoms with Crippen LogP contribution in [0.4, 0.5) is 0 Å². The van der Waals surface area contributed by atoms with Crippen molar-refractivity contribution in [3.63, 3.8) is 0 Å². The first kappa shape index (κ1) is 15.7. The third-order valence-electron chi connectivity index (χ3n) is 2.78. The molecule has 2 nitrogen and oxygen atoms in total. The molecule has 0 saturated heterocycles. The van der Waals surface area contributed by atoms with Crippen LogP contribution in [0.2, 0.25) is 5.02 Å². The lowest BCUT2D eigenvalue weighted by molar-refractivity contribution is 0.190. The molecule has 0 spiro atoms. The van der Waals surface area contributed by atoms with Crippen LogP contribution in [-0.4, -0.2) is 22.5 Å². The molecule has 0 amide bonds. The average Bonchev–Trinajstić information content (AvgIpc) is 2.39. The van der Waals surface area contributed by atoms with Crippen molar-refractivity contribution in [2.45, 2.75) is 39.2 Å². The van der Waals surface area contributed by atoms with Crippen LogP contribution in [0.25, 0.3) is 0 Å². The highest BCUT2D eigenvalue weighted by Crippen LogP contribution is 2.22. The molecule has 18 heavy (non-hydrogen) atoms. The zero-order valence-electron chi connectivity index (χ0n) is 11.5. The minimum absolute atomic E-state index is 0.348. The molecule has 4 heteroatoms. The van der Waals surface area contributed by atoms with Crippen LogP contribution in [0, 0.1) is 0 Å². The second-order valence-electron chi connectivity index (χ2n) is 4.45. The van der Waals surface area contributed by atoms with Gasteiger partial charge in [-0.1, -0.05) is 44.5 Å². The van der Waals surface area contributed by atoms with Gasteiger partial charge in [-0.2, -0.15) is 0 Å². The number of benzene rings is 1. The first-order valence-electron chi connectivity index (χ1n) is 6.67. The third kappa shape index (κ3) is 5.10. The lowest BCUT2D eigenvalue weighted by Crippen LogP contribution is -2.30. The number of hydrogen-bond acceptors (Lipinski definition) is 2. The van der Waals surface area contributed by atoms with E-state index in [1.165, 1.54) is 5.56 Å². The summed E-state index contributed by atoms with van der Waals surface area (Å²) in [5.41, 5.74) is 1.60. The second kappa shape index (κ2) is 8.70. The van der Waals surface area contributed by atoms with Crippen molar-refractivity contribution < 1.29 is 8.85 Å². The maximum Gasteiger partial charge on any atom is 0.328 e. The maximum absolute atomic E-state index is 5.92. The molecule has 102 valence electrons. The third-order valence-corrected chi connectivity index (χ3v) is 5.36. The molecular weight excluding hydrogens is 264 g/mol. The molecule has 0 aromatic heterocycles. The minimum Gasteiger partial charge on any atom is -0.396 e. The summed E-state index contributed by atoms with van der Waals surface area (Å²) in [5.74, 6) is 0. The average molecular weight is 287 g/mol. The lowest BCUT2D eigenvalue weighted by Gasteiger charge is -2.22.